The highest BCUT2D eigenvalue weighted by Crippen LogP contribution is 2.45. The number of amides is 2. The van der Waals surface area contributed by atoms with Crippen molar-refractivity contribution < 1.29 is 14.3 Å². The number of thioether (sulfide) groups is 1. The zero-order valence-corrected chi connectivity index (χ0v) is 16.5. The summed E-state index contributed by atoms with van der Waals surface area (Å²) >= 11 is 7.86. The number of aryl methyl sites for hydroxylation is 1. The molecule has 0 aromatic heterocycles. The molecule has 0 aliphatic carbocycles. The number of carbonyl (C=O) groups is 1. The topological polar surface area (TPSA) is 50.8 Å². The largest absolute Gasteiger partial charge is 0.493 e. The minimum absolute atomic E-state index is 0.138. The minimum Gasteiger partial charge on any atom is -0.493 e. The van der Waals surface area contributed by atoms with Gasteiger partial charge in [-0.05, 0) is 30.7 Å². The number of rotatable bonds is 4. The first-order valence-electron chi connectivity index (χ1n) is 8.21. The number of halogens is 1. The summed E-state index contributed by atoms with van der Waals surface area (Å²) in [6.07, 6.45) is 0. The molecule has 1 aliphatic heterocycles. The first-order valence-corrected chi connectivity index (χ1v) is 9.64. The Kier molecular flexibility index (Phi) is 5.84. The molecule has 5 nitrogen and oxygen atoms in total. The molecule has 0 unspecified atom stereocenters. The van der Waals surface area contributed by atoms with Crippen LogP contribution in [0.5, 0.6) is 11.5 Å². The van der Waals surface area contributed by atoms with Gasteiger partial charge in [0.05, 0.1) is 14.2 Å². The van der Waals surface area contributed by atoms with Crippen LogP contribution in [0.4, 0.5) is 10.5 Å². The number of para-hydroxylation sites is 1. The lowest BCUT2D eigenvalue weighted by Crippen LogP contribution is -2.34. The van der Waals surface area contributed by atoms with Crippen LogP contribution in [0, 0.1) is 6.92 Å². The number of hydrogen-bond donors (Lipinski definition) is 1. The summed E-state index contributed by atoms with van der Waals surface area (Å²) in [4.78, 5) is 14.6. The summed E-state index contributed by atoms with van der Waals surface area (Å²) < 4.78 is 10.9. The first-order chi connectivity index (χ1) is 12.5. The maximum atomic E-state index is 12.8. The molecule has 0 saturated carbocycles. The van der Waals surface area contributed by atoms with E-state index in [1.807, 2.05) is 37.3 Å². The van der Waals surface area contributed by atoms with E-state index in [0.29, 0.717) is 28.8 Å². The Morgan fingerprint density at radius 2 is 2.08 bits per heavy atom. The second-order valence-electron chi connectivity index (χ2n) is 5.89. The van der Waals surface area contributed by atoms with E-state index in [0.717, 1.165) is 16.9 Å². The third-order valence-corrected chi connectivity index (χ3v) is 5.92. The van der Waals surface area contributed by atoms with Crippen molar-refractivity contribution in [3.63, 3.8) is 0 Å². The fourth-order valence-electron chi connectivity index (χ4n) is 2.91. The lowest BCUT2D eigenvalue weighted by atomic mass is 10.1. The number of nitrogens with one attached hydrogen (secondary N) is 1. The molecule has 1 aliphatic rings. The van der Waals surface area contributed by atoms with Gasteiger partial charge in [0.2, 0.25) is 0 Å². The highest BCUT2D eigenvalue weighted by atomic mass is 35.5. The normalized spacial score (nSPS) is 16.5. The molecule has 0 bridgehead atoms. The number of hydrogen-bond acceptors (Lipinski definition) is 4. The van der Waals surface area contributed by atoms with Crippen LogP contribution < -0.4 is 14.8 Å². The molecule has 1 heterocycles. The van der Waals surface area contributed by atoms with Gasteiger partial charge >= 0.3 is 6.03 Å². The molecule has 2 aromatic carbocycles. The van der Waals surface area contributed by atoms with E-state index < -0.39 is 0 Å². The standard InChI is InChI=1S/C19H21ClN2O3S/c1-12-7-8-13(11-15(12)20)21-19(23)22-9-10-26-18(22)14-5-4-6-16(24-2)17(14)25-3/h4-8,11,18H,9-10H2,1-3H3,(H,21,23)/t18-/m1/s1. The average molecular weight is 393 g/mol. The van der Waals surface area contributed by atoms with Crippen LogP contribution in [0.15, 0.2) is 36.4 Å². The Morgan fingerprint density at radius 1 is 1.27 bits per heavy atom. The third-order valence-electron chi connectivity index (χ3n) is 4.27. The van der Waals surface area contributed by atoms with E-state index in [1.54, 1.807) is 36.9 Å². The summed E-state index contributed by atoms with van der Waals surface area (Å²) in [5.41, 5.74) is 2.57. The van der Waals surface area contributed by atoms with E-state index in [4.69, 9.17) is 21.1 Å². The Balaban J connectivity index is 1.84. The summed E-state index contributed by atoms with van der Waals surface area (Å²) in [6.45, 7) is 2.58. The predicted octanol–water partition coefficient (Wildman–Crippen LogP) is 4.95. The number of anilines is 1. The van der Waals surface area contributed by atoms with Crippen LogP contribution in [0.25, 0.3) is 0 Å². The van der Waals surface area contributed by atoms with E-state index in [9.17, 15) is 4.79 Å². The molecule has 0 spiro atoms. The predicted molar refractivity (Wildman–Crippen MR) is 107 cm³/mol. The van der Waals surface area contributed by atoms with Crippen LogP contribution in [0.3, 0.4) is 0 Å². The average Bonchev–Trinajstić information content (AvgIpc) is 3.13. The Hall–Kier alpha value is -2.05. The SMILES string of the molecule is COc1cccc([C@H]2SCCN2C(=O)Nc2ccc(C)c(Cl)c2)c1OC. The molecule has 2 amide bonds. The Morgan fingerprint density at radius 3 is 2.77 bits per heavy atom. The van der Waals surface area contributed by atoms with Gasteiger partial charge in [0.15, 0.2) is 11.5 Å². The third kappa shape index (κ3) is 3.71. The Bertz CT molecular complexity index is 815. The molecule has 1 saturated heterocycles. The van der Waals surface area contributed by atoms with Crippen molar-refractivity contribution in [1.29, 1.82) is 0 Å². The van der Waals surface area contributed by atoms with Gasteiger partial charge in [-0.2, -0.15) is 0 Å². The van der Waals surface area contributed by atoms with Crippen LogP contribution in [0.1, 0.15) is 16.5 Å². The highest BCUT2D eigenvalue weighted by molar-refractivity contribution is 7.99. The van der Waals surface area contributed by atoms with Gasteiger partial charge in [0.1, 0.15) is 5.37 Å². The summed E-state index contributed by atoms with van der Waals surface area (Å²) in [5.74, 6) is 2.17. The molecule has 3 rings (SSSR count). The quantitative estimate of drug-likeness (QED) is 0.800. The molecular formula is C19H21ClN2O3S. The van der Waals surface area contributed by atoms with Crippen LogP contribution in [-0.2, 0) is 0 Å². The van der Waals surface area contributed by atoms with Gasteiger partial charge in [0.25, 0.3) is 0 Å². The van der Waals surface area contributed by atoms with E-state index in [2.05, 4.69) is 5.32 Å². The fourth-order valence-corrected chi connectivity index (χ4v) is 4.36. The van der Waals surface area contributed by atoms with Crippen molar-refractivity contribution in [2.45, 2.75) is 12.3 Å². The number of methoxy groups -OCH3 is 2. The second kappa shape index (κ2) is 8.10. The van der Waals surface area contributed by atoms with Crippen LogP contribution >= 0.6 is 23.4 Å². The van der Waals surface area contributed by atoms with Crippen molar-refractivity contribution in [2.24, 2.45) is 0 Å². The Labute approximate surface area is 162 Å². The van der Waals surface area contributed by atoms with Crippen molar-refractivity contribution in [3.8, 4) is 11.5 Å². The van der Waals surface area contributed by atoms with E-state index >= 15 is 0 Å². The van der Waals surface area contributed by atoms with Gasteiger partial charge in [-0.25, -0.2) is 4.79 Å². The highest BCUT2D eigenvalue weighted by Gasteiger charge is 2.33. The van der Waals surface area contributed by atoms with Gasteiger partial charge in [-0.15, -0.1) is 11.8 Å². The number of carbonyl (C=O) groups excluding carboxylic acids is 1. The van der Waals surface area contributed by atoms with Crippen molar-refractivity contribution >= 4 is 35.1 Å². The maximum Gasteiger partial charge on any atom is 0.323 e. The number of urea groups is 1. The minimum atomic E-state index is -0.162. The summed E-state index contributed by atoms with van der Waals surface area (Å²) in [6, 6.07) is 11.1. The molecule has 26 heavy (non-hydrogen) atoms. The molecule has 1 N–H and O–H groups in total. The summed E-state index contributed by atoms with van der Waals surface area (Å²) in [5, 5.41) is 3.43. The van der Waals surface area contributed by atoms with E-state index in [1.165, 1.54) is 0 Å². The van der Waals surface area contributed by atoms with Gasteiger partial charge < -0.3 is 19.7 Å². The van der Waals surface area contributed by atoms with Gasteiger partial charge in [-0.1, -0.05) is 29.8 Å². The molecule has 0 radical (unpaired) electrons. The number of ether oxygens (including phenoxy) is 2. The smallest absolute Gasteiger partial charge is 0.323 e. The van der Waals surface area contributed by atoms with Crippen molar-refractivity contribution in [1.82, 2.24) is 4.90 Å². The molecule has 1 atom stereocenters. The van der Waals surface area contributed by atoms with Crippen molar-refractivity contribution in [3.05, 3.63) is 52.5 Å². The first kappa shape index (κ1) is 18.7. The molecule has 2 aromatic rings. The van der Waals surface area contributed by atoms with Crippen LogP contribution in [0.2, 0.25) is 5.02 Å². The fraction of sp³-hybridized carbons (Fsp3) is 0.316. The van der Waals surface area contributed by atoms with Crippen molar-refractivity contribution in [2.75, 3.05) is 31.8 Å². The van der Waals surface area contributed by atoms with Gasteiger partial charge in [0, 0.05) is 28.6 Å². The second-order valence-corrected chi connectivity index (χ2v) is 7.49. The number of benzene rings is 2. The molecular weight excluding hydrogens is 372 g/mol. The van der Waals surface area contributed by atoms with Crippen LogP contribution in [-0.4, -0.2) is 37.4 Å². The number of nitrogens with zero attached hydrogens (tertiary/aromatic N) is 1. The summed E-state index contributed by atoms with van der Waals surface area (Å²) in [7, 11) is 3.22. The van der Waals surface area contributed by atoms with Gasteiger partial charge in [-0.3, -0.25) is 0 Å². The van der Waals surface area contributed by atoms with E-state index in [-0.39, 0.29) is 11.4 Å². The lowest BCUT2D eigenvalue weighted by molar-refractivity contribution is 0.213. The monoisotopic (exact) mass is 392 g/mol. The molecule has 1 fully saturated rings. The maximum absolute atomic E-state index is 12.8. The molecule has 138 valence electrons. The zero-order chi connectivity index (χ0) is 18.7. The molecule has 7 heteroatoms. The lowest BCUT2D eigenvalue weighted by Gasteiger charge is -2.26. The zero-order valence-electron chi connectivity index (χ0n) is 14.9.